The quantitative estimate of drug-likeness (QED) is 0.778. The molecule has 5 nitrogen and oxygen atoms in total. The Morgan fingerprint density at radius 3 is 2.89 bits per heavy atom. The van der Waals surface area contributed by atoms with Crippen molar-refractivity contribution in [2.45, 2.75) is 20.8 Å². The molecule has 0 saturated carbocycles. The molecule has 0 aliphatic heterocycles. The van der Waals surface area contributed by atoms with E-state index in [4.69, 9.17) is 9.26 Å². The summed E-state index contributed by atoms with van der Waals surface area (Å²) >= 11 is 0. The molecule has 0 atom stereocenters. The molecular weight excluding hydrogens is 232 g/mol. The third-order valence-corrected chi connectivity index (χ3v) is 2.60. The lowest BCUT2D eigenvalue weighted by Gasteiger charge is -2.04. The number of aromatic nitrogens is 2. The molecule has 0 saturated heterocycles. The molecule has 18 heavy (non-hydrogen) atoms. The number of carbonyl (C=O) groups excluding carboxylic acids is 1. The molecule has 2 heterocycles. The zero-order chi connectivity index (χ0) is 13.1. The van der Waals surface area contributed by atoms with Crippen LogP contribution in [-0.4, -0.2) is 22.7 Å². The van der Waals surface area contributed by atoms with Gasteiger partial charge in [-0.1, -0.05) is 5.16 Å². The molecule has 2 aromatic rings. The lowest BCUT2D eigenvalue weighted by Crippen LogP contribution is -2.07. The third-order valence-electron chi connectivity index (χ3n) is 2.60. The summed E-state index contributed by atoms with van der Waals surface area (Å²) in [6.07, 6.45) is 1.69. The first-order chi connectivity index (χ1) is 8.65. The summed E-state index contributed by atoms with van der Waals surface area (Å²) in [7, 11) is 0. The highest BCUT2D eigenvalue weighted by molar-refractivity contribution is 5.97. The maximum absolute atomic E-state index is 11.9. The molecule has 0 aliphatic rings. The van der Waals surface area contributed by atoms with Crippen LogP contribution in [0.5, 0.6) is 0 Å². The number of rotatable bonds is 3. The molecule has 0 aromatic carbocycles. The maximum Gasteiger partial charge on any atom is 0.344 e. The molecule has 0 fully saturated rings. The molecule has 0 N–H and O–H groups in total. The summed E-state index contributed by atoms with van der Waals surface area (Å²) in [6, 6.07) is 3.64. The highest BCUT2D eigenvalue weighted by Gasteiger charge is 2.23. The topological polar surface area (TPSA) is 65.2 Å². The fraction of sp³-hybridized carbons (Fsp3) is 0.308. The van der Waals surface area contributed by atoms with Gasteiger partial charge in [0.2, 0.25) is 0 Å². The fourth-order valence-electron chi connectivity index (χ4n) is 1.73. The van der Waals surface area contributed by atoms with E-state index in [0.29, 0.717) is 23.6 Å². The first-order valence-corrected chi connectivity index (χ1v) is 5.70. The Kier molecular flexibility index (Phi) is 3.41. The monoisotopic (exact) mass is 246 g/mol. The van der Waals surface area contributed by atoms with Crippen molar-refractivity contribution in [1.29, 1.82) is 0 Å². The molecule has 5 heteroatoms. The highest BCUT2D eigenvalue weighted by Crippen LogP contribution is 2.27. The van der Waals surface area contributed by atoms with Gasteiger partial charge >= 0.3 is 5.97 Å². The number of pyridine rings is 1. The van der Waals surface area contributed by atoms with Crippen molar-refractivity contribution in [3.8, 4) is 11.3 Å². The lowest BCUT2D eigenvalue weighted by molar-refractivity contribution is 0.0525. The Bertz CT molecular complexity index is 575. The van der Waals surface area contributed by atoms with Crippen LogP contribution < -0.4 is 0 Å². The van der Waals surface area contributed by atoms with E-state index in [1.54, 1.807) is 26.1 Å². The van der Waals surface area contributed by atoms with E-state index in [2.05, 4.69) is 10.1 Å². The predicted molar refractivity (Wildman–Crippen MR) is 65.2 cm³/mol. The third kappa shape index (κ3) is 2.11. The Morgan fingerprint density at radius 2 is 2.22 bits per heavy atom. The molecule has 0 bridgehead atoms. The Morgan fingerprint density at radius 1 is 1.44 bits per heavy atom. The van der Waals surface area contributed by atoms with Gasteiger partial charge in [0.05, 0.1) is 6.61 Å². The van der Waals surface area contributed by atoms with Crippen LogP contribution in [0.3, 0.4) is 0 Å². The number of aryl methyl sites for hydroxylation is 2. The van der Waals surface area contributed by atoms with Crippen molar-refractivity contribution in [2.24, 2.45) is 0 Å². The van der Waals surface area contributed by atoms with Crippen LogP contribution in [0.1, 0.15) is 28.7 Å². The number of nitrogens with zero attached hydrogens (tertiary/aromatic N) is 2. The number of carbonyl (C=O) groups is 1. The van der Waals surface area contributed by atoms with Gasteiger partial charge in [0.15, 0.2) is 0 Å². The van der Waals surface area contributed by atoms with Gasteiger partial charge in [-0.05, 0) is 32.9 Å². The lowest BCUT2D eigenvalue weighted by atomic mass is 10.1. The Hall–Kier alpha value is -2.17. The van der Waals surface area contributed by atoms with Gasteiger partial charge in [0.1, 0.15) is 17.0 Å². The van der Waals surface area contributed by atoms with Crippen molar-refractivity contribution in [3.63, 3.8) is 0 Å². The summed E-state index contributed by atoms with van der Waals surface area (Å²) in [5.41, 5.74) is 2.42. The summed E-state index contributed by atoms with van der Waals surface area (Å²) in [5.74, 6) is 0.0289. The molecule has 94 valence electrons. The summed E-state index contributed by atoms with van der Waals surface area (Å²) in [4.78, 5) is 16.1. The summed E-state index contributed by atoms with van der Waals surface area (Å²) in [5, 5.41) is 3.93. The van der Waals surface area contributed by atoms with Gasteiger partial charge in [-0.2, -0.15) is 0 Å². The summed E-state index contributed by atoms with van der Waals surface area (Å²) in [6.45, 7) is 5.62. The van der Waals surface area contributed by atoms with E-state index < -0.39 is 5.97 Å². The number of hydrogen-bond donors (Lipinski definition) is 0. The van der Waals surface area contributed by atoms with Crippen molar-refractivity contribution < 1.29 is 14.1 Å². The zero-order valence-electron chi connectivity index (χ0n) is 10.6. The van der Waals surface area contributed by atoms with E-state index in [9.17, 15) is 4.79 Å². The van der Waals surface area contributed by atoms with Crippen LogP contribution in [0.25, 0.3) is 11.3 Å². The SMILES string of the molecule is CCOC(=O)c1c(-c2cccnc2C)noc1C. The van der Waals surface area contributed by atoms with Crippen LogP contribution in [0.2, 0.25) is 0 Å². The van der Waals surface area contributed by atoms with Crippen LogP contribution >= 0.6 is 0 Å². The molecule has 0 amide bonds. The summed E-state index contributed by atoms with van der Waals surface area (Å²) < 4.78 is 10.1. The smallest absolute Gasteiger partial charge is 0.344 e. The predicted octanol–water partition coefficient (Wildman–Crippen LogP) is 2.53. The highest BCUT2D eigenvalue weighted by atomic mass is 16.5. The first kappa shape index (κ1) is 12.3. The standard InChI is InChI=1S/C13H14N2O3/c1-4-17-13(16)11-9(3)18-15-12(11)10-6-5-7-14-8(10)2/h5-7H,4H2,1-3H3. The van der Waals surface area contributed by atoms with Gasteiger partial charge in [0, 0.05) is 17.5 Å². The average molecular weight is 246 g/mol. The molecule has 0 unspecified atom stereocenters. The molecule has 0 spiro atoms. The molecule has 0 radical (unpaired) electrons. The van der Waals surface area contributed by atoms with Crippen LogP contribution in [0.4, 0.5) is 0 Å². The first-order valence-electron chi connectivity index (χ1n) is 5.70. The van der Waals surface area contributed by atoms with Crippen molar-refractivity contribution in [2.75, 3.05) is 6.61 Å². The average Bonchev–Trinajstić information content (AvgIpc) is 2.72. The Balaban J connectivity index is 2.53. The fourth-order valence-corrected chi connectivity index (χ4v) is 1.73. The number of esters is 1. The van der Waals surface area contributed by atoms with Crippen molar-refractivity contribution in [3.05, 3.63) is 35.3 Å². The Labute approximate surface area is 105 Å². The van der Waals surface area contributed by atoms with Gasteiger partial charge in [-0.25, -0.2) is 4.79 Å². The molecule has 2 aromatic heterocycles. The van der Waals surface area contributed by atoms with Crippen molar-refractivity contribution >= 4 is 5.97 Å². The van der Waals surface area contributed by atoms with E-state index in [-0.39, 0.29) is 0 Å². The molecular formula is C13H14N2O3. The van der Waals surface area contributed by atoms with E-state index >= 15 is 0 Å². The molecule has 0 aliphatic carbocycles. The van der Waals surface area contributed by atoms with Crippen LogP contribution in [-0.2, 0) is 4.74 Å². The minimum Gasteiger partial charge on any atom is -0.462 e. The minimum absolute atomic E-state index is 0.314. The van der Waals surface area contributed by atoms with E-state index in [1.165, 1.54) is 0 Å². The normalized spacial score (nSPS) is 10.4. The van der Waals surface area contributed by atoms with Crippen molar-refractivity contribution in [1.82, 2.24) is 10.1 Å². The van der Waals surface area contributed by atoms with Crippen LogP contribution in [0.15, 0.2) is 22.9 Å². The van der Waals surface area contributed by atoms with Gasteiger partial charge in [-0.3, -0.25) is 4.98 Å². The zero-order valence-corrected chi connectivity index (χ0v) is 10.6. The molecule has 2 rings (SSSR count). The minimum atomic E-state index is -0.422. The van der Waals surface area contributed by atoms with E-state index in [0.717, 1.165) is 11.3 Å². The van der Waals surface area contributed by atoms with Gasteiger partial charge in [0.25, 0.3) is 0 Å². The largest absolute Gasteiger partial charge is 0.462 e. The van der Waals surface area contributed by atoms with Gasteiger partial charge in [-0.15, -0.1) is 0 Å². The van der Waals surface area contributed by atoms with E-state index in [1.807, 2.05) is 13.0 Å². The van der Waals surface area contributed by atoms with Gasteiger partial charge < -0.3 is 9.26 Å². The number of hydrogen-bond acceptors (Lipinski definition) is 5. The number of ether oxygens (including phenoxy) is 1. The second-order valence-corrected chi connectivity index (χ2v) is 3.82. The second kappa shape index (κ2) is 5.00. The maximum atomic E-state index is 11.9. The second-order valence-electron chi connectivity index (χ2n) is 3.82. The van der Waals surface area contributed by atoms with Crippen LogP contribution in [0, 0.1) is 13.8 Å².